The summed E-state index contributed by atoms with van der Waals surface area (Å²) in [5.41, 5.74) is 6.29. The minimum atomic E-state index is 0.632. The van der Waals surface area contributed by atoms with Gasteiger partial charge in [-0.2, -0.15) is 0 Å². The molecule has 2 N–H and O–H groups in total. The van der Waals surface area contributed by atoms with Crippen LogP contribution in [0.25, 0.3) is 10.9 Å². The topological polar surface area (TPSA) is 40.1 Å². The molecule has 3 aromatic rings. The van der Waals surface area contributed by atoms with Crippen molar-refractivity contribution in [3.8, 4) is 0 Å². The van der Waals surface area contributed by atoms with E-state index in [1.54, 1.807) is 0 Å². The Balaban J connectivity index is 1.32. The molecule has 0 aliphatic carbocycles. The number of H-pyrrole nitrogens is 1. The smallest absolute Gasteiger partial charge is 0.142 e. The van der Waals surface area contributed by atoms with Gasteiger partial charge >= 0.3 is 0 Å². The molecule has 2 fully saturated rings. The van der Waals surface area contributed by atoms with Crippen LogP contribution in [-0.2, 0) is 4.74 Å². The monoisotopic (exact) mass is 418 g/mol. The highest BCUT2D eigenvalue weighted by molar-refractivity contribution is 5.87. The van der Waals surface area contributed by atoms with E-state index in [4.69, 9.17) is 4.74 Å². The number of benzene rings is 2. The molecule has 162 valence electrons. The molecule has 0 spiro atoms. The fourth-order valence-electron chi connectivity index (χ4n) is 5.29. The number of aromatic nitrogens is 1. The fraction of sp³-hybridized carbons (Fsp3) is 0.423. The molecule has 5 nitrogen and oxygen atoms in total. The first-order chi connectivity index (χ1) is 15.2. The number of quaternary nitrogens is 1. The second kappa shape index (κ2) is 8.48. The number of rotatable bonds is 5. The molecule has 0 radical (unpaired) electrons. The molecule has 0 amide bonds. The third-order valence-electron chi connectivity index (χ3n) is 7.38. The van der Waals surface area contributed by atoms with E-state index in [2.05, 4.69) is 77.2 Å². The highest BCUT2D eigenvalue weighted by Gasteiger charge is 2.31. The van der Waals surface area contributed by atoms with Gasteiger partial charge in [-0.1, -0.05) is 6.07 Å². The van der Waals surface area contributed by atoms with Crippen molar-refractivity contribution >= 4 is 34.7 Å². The van der Waals surface area contributed by atoms with E-state index in [0.717, 1.165) is 61.8 Å². The number of nitrogens with zero attached hydrogens (tertiary/aromatic N) is 2. The van der Waals surface area contributed by atoms with Gasteiger partial charge in [-0.3, -0.25) is 4.48 Å². The van der Waals surface area contributed by atoms with E-state index in [1.165, 1.54) is 35.0 Å². The van der Waals surface area contributed by atoms with Crippen molar-refractivity contribution in [2.24, 2.45) is 0 Å². The zero-order valence-corrected chi connectivity index (χ0v) is 18.6. The van der Waals surface area contributed by atoms with Crippen molar-refractivity contribution in [2.45, 2.75) is 25.7 Å². The zero-order valence-electron chi connectivity index (χ0n) is 18.6. The van der Waals surface area contributed by atoms with Crippen molar-refractivity contribution in [2.75, 3.05) is 51.3 Å². The van der Waals surface area contributed by atoms with E-state index in [1.807, 2.05) is 0 Å². The third-order valence-corrected chi connectivity index (χ3v) is 7.38. The SMILES string of the molecule is C=[N+]1CCC(c2c[nH]c3cc(Nc4ccc([N+]5(CC)CCOCC5)cc4)ccc23)CC1. The third kappa shape index (κ3) is 4.00. The summed E-state index contributed by atoms with van der Waals surface area (Å²) < 4.78 is 8.80. The molecule has 2 aromatic carbocycles. The van der Waals surface area contributed by atoms with Crippen LogP contribution in [0.15, 0.2) is 48.7 Å². The summed E-state index contributed by atoms with van der Waals surface area (Å²) in [6.45, 7) is 13.4. The van der Waals surface area contributed by atoms with Crippen LogP contribution in [0.5, 0.6) is 0 Å². The van der Waals surface area contributed by atoms with Crippen molar-refractivity contribution in [1.29, 1.82) is 0 Å². The first kappa shape index (κ1) is 20.3. The molecule has 1 aromatic heterocycles. The van der Waals surface area contributed by atoms with Crippen LogP contribution < -0.4 is 9.80 Å². The lowest BCUT2D eigenvalue weighted by atomic mass is 9.90. The number of morpholine rings is 1. The number of aromatic amines is 1. The van der Waals surface area contributed by atoms with Gasteiger partial charge < -0.3 is 15.0 Å². The average molecular weight is 419 g/mol. The van der Waals surface area contributed by atoms with Crippen LogP contribution in [-0.4, -0.2) is 62.2 Å². The van der Waals surface area contributed by atoms with Crippen molar-refractivity contribution in [3.63, 3.8) is 0 Å². The Morgan fingerprint density at radius 1 is 1.06 bits per heavy atom. The molecule has 5 rings (SSSR count). The summed E-state index contributed by atoms with van der Waals surface area (Å²) in [6, 6.07) is 15.7. The average Bonchev–Trinajstić information content (AvgIpc) is 3.24. The van der Waals surface area contributed by atoms with E-state index in [0.29, 0.717) is 5.92 Å². The first-order valence-corrected chi connectivity index (χ1v) is 11.6. The zero-order chi connectivity index (χ0) is 21.3. The highest BCUT2D eigenvalue weighted by Crippen LogP contribution is 2.34. The fourth-order valence-corrected chi connectivity index (χ4v) is 5.29. The predicted molar refractivity (Wildman–Crippen MR) is 130 cm³/mol. The van der Waals surface area contributed by atoms with Crippen LogP contribution in [0.1, 0.15) is 31.2 Å². The van der Waals surface area contributed by atoms with E-state index >= 15 is 0 Å². The number of anilines is 2. The lowest BCUT2D eigenvalue weighted by molar-refractivity contribution is -0.530. The Morgan fingerprint density at radius 3 is 2.48 bits per heavy atom. The molecule has 0 bridgehead atoms. The van der Waals surface area contributed by atoms with Crippen molar-refractivity contribution < 1.29 is 9.31 Å². The second-order valence-corrected chi connectivity index (χ2v) is 9.09. The summed E-state index contributed by atoms with van der Waals surface area (Å²) in [6.07, 6.45) is 4.59. The first-order valence-electron chi connectivity index (χ1n) is 11.6. The van der Waals surface area contributed by atoms with Gasteiger partial charge in [0.2, 0.25) is 0 Å². The Labute approximate surface area is 184 Å². The maximum atomic E-state index is 5.60. The summed E-state index contributed by atoms with van der Waals surface area (Å²) in [5.74, 6) is 0.632. The maximum Gasteiger partial charge on any atom is 0.142 e. The van der Waals surface area contributed by atoms with Crippen LogP contribution in [0, 0.1) is 0 Å². The quantitative estimate of drug-likeness (QED) is 0.459. The number of likely N-dealkylation sites (N-methyl/N-ethyl adjacent to an activating group) is 1. The lowest BCUT2D eigenvalue weighted by Crippen LogP contribution is -2.56. The van der Waals surface area contributed by atoms with Crippen LogP contribution >= 0.6 is 0 Å². The van der Waals surface area contributed by atoms with Gasteiger partial charge in [0.25, 0.3) is 0 Å². The van der Waals surface area contributed by atoms with E-state index in [9.17, 15) is 0 Å². The minimum Gasteiger partial charge on any atom is -0.370 e. The van der Waals surface area contributed by atoms with Gasteiger partial charge in [0, 0.05) is 53.4 Å². The van der Waals surface area contributed by atoms with Gasteiger partial charge in [-0.25, -0.2) is 4.58 Å². The van der Waals surface area contributed by atoms with E-state index < -0.39 is 0 Å². The van der Waals surface area contributed by atoms with Crippen molar-refractivity contribution in [1.82, 2.24) is 9.47 Å². The molecule has 2 aliphatic heterocycles. The number of nitrogens with one attached hydrogen (secondary N) is 2. The molecule has 0 unspecified atom stereocenters. The molecular weight excluding hydrogens is 384 g/mol. The summed E-state index contributed by atoms with van der Waals surface area (Å²) in [5, 5.41) is 4.94. The number of hydrogen-bond acceptors (Lipinski definition) is 2. The molecule has 5 heteroatoms. The van der Waals surface area contributed by atoms with Gasteiger partial charge in [0.15, 0.2) is 0 Å². The number of hydrogen-bond donors (Lipinski definition) is 2. The minimum absolute atomic E-state index is 0.632. The second-order valence-electron chi connectivity index (χ2n) is 9.09. The number of ether oxygens (including phenoxy) is 1. The van der Waals surface area contributed by atoms with Crippen LogP contribution in [0.3, 0.4) is 0 Å². The molecule has 2 saturated heterocycles. The Bertz CT molecular complexity index is 1050. The summed E-state index contributed by atoms with van der Waals surface area (Å²) in [4.78, 5) is 3.50. The van der Waals surface area contributed by atoms with Crippen molar-refractivity contribution in [3.05, 3.63) is 54.2 Å². The van der Waals surface area contributed by atoms with Crippen LogP contribution in [0.2, 0.25) is 0 Å². The Kier molecular flexibility index (Phi) is 5.55. The van der Waals surface area contributed by atoms with E-state index in [-0.39, 0.29) is 0 Å². The molecule has 2 aliphatic rings. The number of fused-ring (bicyclic) bond motifs is 1. The Morgan fingerprint density at radius 2 is 1.77 bits per heavy atom. The standard InChI is InChI=1S/C26H34N4O/c1-3-30(14-16-31-17-15-30)23-7-4-21(5-8-23)28-22-6-9-24-25(19-27-26(24)18-22)20-10-12-29(2)13-11-20/h4-9,18-20,27-28H,2-3,10-17H2,1H3/q+2. The van der Waals surface area contributed by atoms with Gasteiger partial charge in [-0.15, -0.1) is 0 Å². The summed E-state index contributed by atoms with van der Waals surface area (Å²) >= 11 is 0. The molecule has 0 saturated carbocycles. The molecule has 3 heterocycles. The van der Waals surface area contributed by atoms with Crippen LogP contribution in [0.4, 0.5) is 17.1 Å². The summed E-state index contributed by atoms with van der Waals surface area (Å²) in [7, 11) is 0. The number of piperidine rings is 1. The lowest BCUT2D eigenvalue weighted by Gasteiger charge is -2.40. The maximum absolute atomic E-state index is 5.60. The highest BCUT2D eigenvalue weighted by atomic mass is 16.5. The Hall–Kier alpha value is -2.63. The molecule has 31 heavy (non-hydrogen) atoms. The molecule has 0 atom stereocenters. The van der Waals surface area contributed by atoms with Gasteiger partial charge in [0.05, 0.1) is 19.8 Å². The van der Waals surface area contributed by atoms with Gasteiger partial charge in [0.1, 0.15) is 38.6 Å². The van der Waals surface area contributed by atoms with Gasteiger partial charge in [-0.05, 0) is 42.7 Å². The molecular formula is C26H34N4O+2. The largest absolute Gasteiger partial charge is 0.370 e. The normalized spacial score (nSPS) is 19.6. The predicted octanol–water partition coefficient (Wildman–Crippen LogP) is 4.86.